The van der Waals surface area contributed by atoms with Crippen LogP contribution in [-0.2, 0) is 11.3 Å². The molecule has 0 saturated carbocycles. The van der Waals surface area contributed by atoms with E-state index in [1.54, 1.807) is 24.3 Å². The SMILES string of the molecule is O=C(CCn1cc([N+](=O)[O-])cn1)Nc1cccc(Cl)c1. The first-order valence-corrected chi connectivity index (χ1v) is 6.14. The molecule has 1 heterocycles. The molecule has 0 aliphatic heterocycles. The Labute approximate surface area is 119 Å². The Morgan fingerprint density at radius 3 is 2.95 bits per heavy atom. The van der Waals surface area contributed by atoms with Gasteiger partial charge in [-0.2, -0.15) is 5.10 Å². The Balaban J connectivity index is 1.87. The van der Waals surface area contributed by atoms with Crippen LogP contribution in [0.5, 0.6) is 0 Å². The number of hydrogen-bond donors (Lipinski definition) is 1. The first-order valence-electron chi connectivity index (χ1n) is 5.77. The number of carbonyl (C=O) groups excluding carboxylic acids is 1. The van der Waals surface area contributed by atoms with Crippen LogP contribution in [0.1, 0.15) is 6.42 Å². The largest absolute Gasteiger partial charge is 0.326 e. The van der Waals surface area contributed by atoms with Gasteiger partial charge in [0.1, 0.15) is 12.4 Å². The van der Waals surface area contributed by atoms with Crippen molar-refractivity contribution in [1.82, 2.24) is 9.78 Å². The van der Waals surface area contributed by atoms with Crippen LogP contribution in [0, 0.1) is 10.1 Å². The number of hydrogen-bond acceptors (Lipinski definition) is 4. The lowest BCUT2D eigenvalue weighted by Gasteiger charge is -2.05. The maximum atomic E-state index is 11.7. The Morgan fingerprint density at radius 2 is 2.30 bits per heavy atom. The van der Waals surface area contributed by atoms with Gasteiger partial charge in [0.05, 0.1) is 4.92 Å². The first-order chi connectivity index (χ1) is 9.54. The van der Waals surface area contributed by atoms with E-state index in [1.807, 2.05) is 0 Å². The summed E-state index contributed by atoms with van der Waals surface area (Å²) >= 11 is 5.80. The minimum atomic E-state index is -0.532. The lowest BCUT2D eigenvalue weighted by Crippen LogP contribution is -2.14. The smallest absolute Gasteiger partial charge is 0.306 e. The van der Waals surface area contributed by atoms with Gasteiger partial charge in [0.15, 0.2) is 0 Å². The predicted octanol–water partition coefficient (Wildman–Crippen LogP) is 2.47. The van der Waals surface area contributed by atoms with Crippen molar-refractivity contribution in [1.29, 1.82) is 0 Å². The van der Waals surface area contributed by atoms with Gasteiger partial charge in [0.2, 0.25) is 5.91 Å². The third-order valence-electron chi connectivity index (χ3n) is 2.51. The normalized spacial score (nSPS) is 10.2. The second-order valence-corrected chi connectivity index (χ2v) is 4.46. The summed E-state index contributed by atoms with van der Waals surface area (Å²) in [6.45, 7) is 0.264. The Hall–Kier alpha value is -2.41. The van der Waals surface area contributed by atoms with E-state index in [-0.39, 0.29) is 24.6 Å². The molecule has 7 nitrogen and oxygen atoms in total. The summed E-state index contributed by atoms with van der Waals surface area (Å²) < 4.78 is 1.36. The molecule has 1 amide bonds. The molecule has 20 heavy (non-hydrogen) atoms. The first kappa shape index (κ1) is 14.0. The number of amides is 1. The summed E-state index contributed by atoms with van der Waals surface area (Å²) in [5, 5.41) is 17.5. The highest BCUT2D eigenvalue weighted by Crippen LogP contribution is 2.15. The van der Waals surface area contributed by atoms with Crippen molar-refractivity contribution >= 4 is 28.9 Å². The van der Waals surface area contributed by atoms with E-state index in [1.165, 1.54) is 10.9 Å². The molecule has 0 fully saturated rings. The fourth-order valence-corrected chi connectivity index (χ4v) is 1.77. The fourth-order valence-electron chi connectivity index (χ4n) is 1.58. The summed E-state index contributed by atoms with van der Waals surface area (Å²) in [7, 11) is 0. The number of carbonyl (C=O) groups is 1. The number of nitro groups is 1. The van der Waals surface area contributed by atoms with Gasteiger partial charge < -0.3 is 5.32 Å². The number of aryl methyl sites for hydroxylation is 1. The molecule has 0 atom stereocenters. The molecule has 8 heteroatoms. The summed E-state index contributed by atoms with van der Waals surface area (Å²) in [5.74, 6) is -0.217. The molecule has 0 radical (unpaired) electrons. The van der Waals surface area contributed by atoms with E-state index in [9.17, 15) is 14.9 Å². The quantitative estimate of drug-likeness (QED) is 0.677. The molecule has 104 valence electrons. The molecular formula is C12H11ClN4O3. The zero-order chi connectivity index (χ0) is 14.5. The van der Waals surface area contributed by atoms with Crippen molar-refractivity contribution < 1.29 is 9.72 Å². The Morgan fingerprint density at radius 1 is 1.50 bits per heavy atom. The van der Waals surface area contributed by atoms with E-state index in [4.69, 9.17) is 11.6 Å². The van der Waals surface area contributed by atoms with Gasteiger partial charge in [-0.05, 0) is 18.2 Å². The van der Waals surface area contributed by atoms with Crippen molar-refractivity contribution in [3.63, 3.8) is 0 Å². The van der Waals surface area contributed by atoms with Crippen molar-refractivity contribution in [2.24, 2.45) is 0 Å². The van der Waals surface area contributed by atoms with Gasteiger partial charge in [0.25, 0.3) is 0 Å². The van der Waals surface area contributed by atoms with Crippen LogP contribution in [0.4, 0.5) is 11.4 Å². The third-order valence-corrected chi connectivity index (χ3v) is 2.74. The minimum absolute atomic E-state index is 0.0970. The molecule has 0 spiro atoms. The molecule has 0 unspecified atom stereocenters. The Kier molecular flexibility index (Phi) is 4.31. The third kappa shape index (κ3) is 3.79. The highest BCUT2D eigenvalue weighted by Gasteiger charge is 2.10. The lowest BCUT2D eigenvalue weighted by atomic mass is 10.3. The molecule has 0 bridgehead atoms. The number of nitrogens with one attached hydrogen (secondary N) is 1. The molecule has 1 aromatic heterocycles. The second kappa shape index (κ2) is 6.16. The summed E-state index contributed by atoms with van der Waals surface area (Å²) in [6, 6.07) is 6.80. The Bertz CT molecular complexity index is 641. The van der Waals surface area contributed by atoms with Crippen LogP contribution in [0.3, 0.4) is 0 Å². The number of benzene rings is 1. The molecule has 0 saturated heterocycles. The van der Waals surface area contributed by atoms with Gasteiger partial charge >= 0.3 is 5.69 Å². The van der Waals surface area contributed by atoms with Crippen LogP contribution in [0.2, 0.25) is 5.02 Å². The topological polar surface area (TPSA) is 90.1 Å². The van der Waals surface area contributed by atoms with Gasteiger partial charge in [-0.3, -0.25) is 19.6 Å². The van der Waals surface area contributed by atoms with E-state index < -0.39 is 4.92 Å². The average molecular weight is 295 g/mol. The lowest BCUT2D eigenvalue weighted by molar-refractivity contribution is -0.385. The molecule has 1 N–H and O–H groups in total. The number of aromatic nitrogens is 2. The highest BCUT2D eigenvalue weighted by atomic mass is 35.5. The average Bonchev–Trinajstić information content (AvgIpc) is 2.85. The molecule has 0 aliphatic rings. The molecular weight excluding hydrogens is 284 g/mol. The number of anilines is 1. The minimum Gasteiger partial charge on any atom is -0.326 e. The van der Waals surface area contributed by atoms with Crippen molar-refractivity contribution in [3.8, 4) is 0 Å². The molecule has 1 aromatic carbocycles. The summed E-state index contributed by atoms with van der Waals surface area (Å²) in [5.41, 5.74) is 0.509. The van der Waals surface area contributed by atoms with Crippen LogP contribution in [0.25, 0.3) is 0 Å². The number of rotatable bonds is 5. The van der Waals surface area contributed by atoms with E-state index in [0.29, 0.717) is 10.7 Å². The van der Waals surface area contributed by atoms with Crippen molar-refractivity contribution in [2.45, 2.75) is 13.0 Å². The monoisotopic (exact) mass is 294 g/mol. The van der Waals surface area contributed by atoms with E-state index in [0.717, 1.165) is 6.20 Å². The van der Waals surface area contributed by atoms with Gasteiger partial charge in [-0.25, -0.2) is 0 Å². The summed E-state index contributed by atoms with van der Waals surface area (Å²) in [4.78, 5) is 21.7. The zero-order valence-corrected chi connectivity index (χ0v) is 11.1. The zero-order valence-electron chi connectivity index (χ0n) is 10.3. The summed E-state index contributed by atoms with van der Waals surface area (Å²) in [6.07, 6.45) is 2.59. The molecule has 2 aromatic rings. The maximum Gasteiger partial charge on any atom is 0.306 e. The van der Waals surface area contributed by atoms with Crippen LogP contribution < -0.4 is 5.32 Å². The highest BCUT2D eigenvalue weighted by molar-refractivity contribution is 6.30. The molecule has 0 aliphatic carbocycles. The van der Waals surface area contributed by atoms with E-state index >= 15 is 0 Å². The van der Waals surface area contributed by atoms with Gasteiger partial charge in [-0.1, -0.05) is 17.7 Å². The van der Waals surface area contributed by atoms with E-state index in [2.05, 4.69) is 10.4 Å². The van der Waals surface area contributed by atoms with Gasteiger partial charge in [-0.15, -0.1) is 0 Å². The standard InChI is InChI=1S/C12H11ClN4O3/c13-9-2-1-3-10(6-9)15-12(18)4-5-16-8-11(7-14-16)17(19)20/h1-3,6-8H,4-5H2,(H,15,18). The number of halogens is 1. The molecule has 2 rings (SSSR count). The van der Waals surface area contributed by atoms with Crippen molar-refractivity contribution in [2.75, 3.05) is 5.32 Å². The van der Waals surface area contributed by atoms with Gasteiger partial charge in [0, 0.05) is 23.7 Å². The van der Waals surface area contributed by atoms with Crippen LogP contribution in [0.15, 0.2) is 36.7 Å². The predicted molar refractivity (Wildman–Crippen MR) is 73.6 cm³/mol. The number of nitrogens with zero attached hydrogens (tertiary/aromatic N) is 3. The maximum absolute atomic E-state index is 11.7. The van der Waals surface area contributed by atoms with Crippen molar-refractivity contribution in [3.05, 3.63) is 51.8 Å². The van der Waals surface area contributed by atoms with Crippen LogP contribution in [-0.4, -0.2) is 20.6 Å². The van der Waals surface area contributed by atoms with Crippen LogP contribution >= 0.6 is 11.6 Å². The second-order valence-electron chi connectivity index (χ2n) is 4.03. The fraction of sp³-hybridized carbons (Fsp3) is 0.167.